The average Bonchev–Trinajstić information content (AvgIpc) is 2.54. The van der Waals surface area contributed by atoms with Crippen molar-refractivity contribution in [2.45, 2.75) is 58.2 Å². The SMILES string of the molecule is CC(C)(C)OCOC(=O)OC1CCCC1. The Morgan fingerprint density at radius 1 is 1.27 bits per heavy atom. The summed E-state index contributed by atoms with van der Waals surface area (Å²) < 4.78 is 15.1. The van der Waals surface area contributed by atoms with E-state index in [2.05, 4.69) is 0 Å². The number of carbonyl (C=O) groups excluding carboxylic acids is 1. The lowest BCUT2D eigenvalue weighted by atomic mass is 10.2. The molecule has 4 nitrogen and oxygen atoms in total. The highest BCUT2D eigenvalue weighted by Crippen LogP contribution is 2.21. The molecule has 0 amide bonds. The fraction of sp³-hybridized carbons (Fsp3) is 0.909. The highest BCUT2D eigenvalue weighted by Gasteiger charge is 2.20. The van der Waals surface area contributed by atoms with Gasteiger partial charge in [-0.2, -0.15) is 0 Å². The Bertz CT molecular complexity index is 201. The number of ether oxygens (including phenoxy) is 3. The first-order chi connectivity index (χ1) is 6.97. The standard InChI is InChI=1S/C11H20O4/c1-11(2,3)14-8-13-10(12)15-9-6-4-5-7-9/h9H,4-8H2,1-3H3. The summed E-state index contributed by atoms with van der Waals surface area (Å²) in [5, 5.41) is 0. The molecule has 1 fully saturated rings. The van der Waals surface area contributed by atoms with E-state index in [-0.39, 0.29) is 18.5 Å². The highest BCUT2D eigenvalue weighted by atomic mass is 16.8. The van der Waals surface area contributed by atoms with Gasteiger partial charge >= 0.3 is 6.16 Å². The second-order valence-electron chi connectivity index (χ2n) is 4.79. The molecule has 88 valence electrons. The summed E-state index contributed by atoms with van der Waals surface area (Å²) in [6.07, 6.45) is 3.61. The van der Waals surface area contributed by atoms with Crippen LogP contribution in [0.1, 0.15) is 46.5 Å². The molecule has 0 aromatic carbocycles. The fourth-order valence-electron chi connectivity index (χ4n) is 1.43. The third-order valence-electron chi connectivity index (χ3n) is 2.23. The maximum Gasteiger partial charge on any atom is 0.510 e. The van der Waals surface area contributed by atoms with Crippen LogP contribution in [0, 0.1) is 0 Å². The maximum atomic E-state index is 11.2. The summed E-state index contributed by atoms with van der Waals surface area (Å²) in [4.78, 5) is 11.2. The van der Waals surface area contributed by atoms with Crippen LogP contribution < -0.4 is 0 Å². The third-order valence-corrected chi connectivity index (χ3v) is 2.23. The van der Waals surface area contributed by atoms with Gasteiger partial charge in [-0.3, -0.25) is 0 Å². The van der Waals surface area contributed by atoms with E-state index in [0.717, 1.165) is 25.7 Å². The Kier molecular flexibility index (Phi) is 4.39. The topological polar surface area (TPSA) is 44.8 Å². The van der Waals surface area contributed by atoms with Gasteiger partial charge in [-0.25, -0.2) is 4.79 Å². The Morgan fingerprint density at radius 2 is 1.87 bits per heavy atom. The van der Waals surface area contributed by atoms with Crippen molar-refractivity contribution in [3.63, 3.8) is 0 Å². The quantitative estimate of drug-likeness (QED) is 0.537. The first kappa shape index (κ1) is 12.3. The second kappa shape index (κ2) is 5.35. The molecule has 0 aromatic heterocycles. The molecule has 1 aliphatic carbocycles. The van der Waals surface area contributed by atoms with Gasteiger partial charge in [-0.15, -0.1) is 0 Å². The van der Waals surface area contributed by atoms with E-state index >= 15 is 0 Å². The molecule has 0 saturated heterocycles. The minimum absolute atomic E-state index is 0.0466. The van der Waals surface area contributed by atoms with E-state index in [1.807, 2.05) is 20.8 Å². The lowest BCUT2D eigenvalue weighted by molar-refractivity contribution is -0.110. The van der Waals surface area contributed by atoms with Crippen molar-refractivity contribution in [2.24, 2.45) is 0 Å². The summed E-state index contributed by atoms with van der Waals surface area (Å²) in [7, 11) is 0. The van der Waals surface area contributed by atoms with E-state index in [1.54, 1.807) is 0 Å². The summed E-state index contributed by atoms with van der Waals surface area (Å²) >= 11 is 0. The molecular weight excluding hydrogens is 196 g/mol. The molecule has 4 heteroatoms. The molecule has 0 spiro atoms. The molecule has 0 unspecified atom stereocenters. The minimum atomic E-state index is -0.619. The van der Waals surface area contributed by atoms with Crippen LogP contribution in [0.15, 0.2) is 0 Å². The van der Waals surface area contributed by atoms with Gasteiger partial charge in [0.25, 0.3) is 0 Å². The summed E-state index contributed by atoms with van der Waals surface area (Å²) in [5.41, 5.74) is -0.298. The van der Waals surface area contributed by atoms with Gasteiger partial charge in [0.2, 0.25) is 0 Å². The minimum Gasteiger partial charge on any atom is -0.431 e. The van der Waals surface area contributed by atoms with Gasteiger partial charge in [0.15, 0.2) is 6.79 Å². The highest BCUT2D eigenvalue weighted by molar-refractivity contribution is 5.60. The van der Waals surface area contributed by atoms with Gasteiger partial charge in [-0.1, -0.05) is 0 Å². The van der Waals surface area contributed by atoms with Crippen molar-refractivity contribution < 1.29 is 19.0 Å². The Labute approximate surface area is 90.9 Å². The van der Waals surface area contributed by atoms with E-state index in [0.29, 0.717) is 0 Å². The molecule has 0 heterocycles. The van der Waals surface area contributed by atoms with Crippen LogP contribution in [0.3, 0.4) is 0 Å². The Hall–Kier alpha value is -0.770. The van der Waals surface area contributed by atoms with Gasteiger partial charge in [-0.05, 0) is 46.5 Å². The van der Waals surface area contributed by atoms with E-state index in [1.165, 1.54) is 0 Å². The van der Waals surface area contributed by atoms with Crippen molar-refractivity contribution in [3.05, 3.63) is 0 Å². The second-order valence-corrected chi connectivity index (χ2v) is 4.79. The molecule has 1 saturated carbocycles. The molecule has 0 aliphatic heterocycles. The van der Waals surface area contributed by atoms with Crippen LogP contribution in [0.4, 0.5) is 4.79 Å². The summed E-state index contributed by atoms with van der Waals surface area (Å²) in [6, 6.07) is 0. The zero-order valence-corrected chi connectivity index (χ0v) is 9.75. The molecule has 0 atom stereocenters. The molecule has 0 aromatic rings. The van der Waals surface area contributed by atoms with Crippen LogP contribution in [-0.2, 0) is 14.2 Å². The van der Waals surface area contributed by atoms with Crippen molar-refractivity contribution in [2.75, 3.05) is 6.79 Å². The van der Waals surface area contributed by atoms with Gasteiger partial charge in [0.1, 0.15) is 6.10 Å². The molecule has 0 radical (unpaired) electrons. The number of carbonyl (C=O) groups is 1. The Morgan fingerprint density at radius 3 is 2.40 bits per heavy atom. The van der Waals surface area contributed by atoms with Crippen LogP contribution in [0.5, 0.6) is 0 Å². The first-order valence-electron chi connectivity index (χ1n) is 5.45. The van der Waals surface area contributed by atoms with Crippen molar-refractivity contribution in [1.82, 2.24) is 0 Å². The number of rotatable bonds is 3. The molecule has 1 aliphatic rings. The predicted octanol–water partition coefficient (Wildman–Crippen LogP) is 2.85. The summed E-state index contributed by atoms with van der Waals surface area (Å²) in [6.45, 7) is 5.66. The fourth-order valence-corrected chi connectivity index (χ4v) is 1.43. The number of hydrogen-bond acceptors (Lipinski definition) is 4. The monoisotopic (exact) mass is 216 g/mol. The van der Waals surface area contributed by atoms with Gasteiger partial charge in [0, 0.05) is 0 Å². The lowest BCUT2D eigenvalue weighted by Gasteiger charge is -2.19. The zero-order valence-electron chi connectivity index (χ0n) is 9.75. The van der Waals surface area contributed by atoms with E-state index in [4.69, 9.17) is 14.2 Å². The number of hydrogen-bond donors (Lipinski definition) is 0. The third kappa shape index (κ3) is 5.62. The van der Waals surface area contributed by atoms with Gasteiger partial charge in [0.05, 0.1) is 5.60 Å². The van der Waals surface area contributed by atoms with Crippen LogP contribution in [0.2, 0.25) is 0 Å². The predicted molar refractivity (Wildman–Crippen MR) is 55.5 cm³/mol. The molecule has 0 bridgehead atoms. The smallest absolute Gasteiger partial charge is 0.431 e. The van der Waals surface area contributed by atoms with Crippen LogP contribution in [0.25, 0.3) is 0 Å². The largest absolute Gasteiger partial charge is 0.510 e. The normalized spacial score (nSPS) is 17.8. The van der Waals surface area contributed by atoms with Crippen molar-refractivity contribution >= 4 is 6.16 Å². The molecular formula is C11H20O4. The van der Waals surface area contributed by atoms with Gasteiger partial charge < -0.3 is 14.2 Å². The molecule has 0 N–H and O–H groups in total. The van der Waals surface area contributed by atoms with Crippen LogP contribution >= 0.6 is 0 Å². The Balaban J connectivity index is 2.08. The van der Waals surface area contributed by atoms with Crippen LogP contribution in [-0.4, -0.2) is 24.7 Å². The molecule has 1 rings (SSSR count). The average molecular weight is 216 g/mol. The van der Waals surface area contributed by atoms with E-state index < -0.39 is 6.16 Å². The first-order valence-corrected chi connectivity index (χ1v) is 5.45. The van der Waals surface area contributed by atoms with E-state index in [9.17, 15) is 4.79 Å². The van der Waals surface area contributed by atoms with Crippen molar-refractivity contribution in [1.29, 1.82) is 0 Å². The maximum absolute atomic E-state index is 11.2. The zero-order chi connectivity index (χ0) is 11.3. The lowest BCUT2D eigenvalue weighted by Crippen LogP contribution is -2.23. The molecule has 15 heavy (non-hydrogen) atoms. The van der Waals surface area contributed by atoms with Crippen molar-refractivity contribution in [3.8, 4) is 0 Å². The summed E-state index contributed by atoms with van der Waals surface area (Å²) in [5.74, 6) is 0.